The summed E-state index contributed by atoms with van der Waals surface area (Å²) in [7, 11) is 0. The molecule has 0 amide bonds. The van der Waals surface area contributed by atoms with Crippen LogP contribution in [-0.2, 0) is 19.0 Å². The lowest BCUT2D eigenvalue weighted by molar-refractivity contribution is -0.337. The Morgan fingerprint density at radius 2 is 1.41 bits per heavy atom. The Morgan fingerprint density at radius 1 is 0.824 bits per heavy atom. The molecule has 0 aromatic carbocycles. The van der Waals surface area contributed by atoms with E-state index < -0.39 is 104 Å². The first-order valence-corrected chi connectivity index (χ1v) is 11.3. The number of carbonyl (C=O) groups excluding carboxylic acids is 1. The van der Waals surface area contributed by atoms with Gasteiger partial charge in [0.25, 0.3) is 0 Å². The van der Waals surface area contributed by atoms with Crippen LogP contribution in [0.5, 0.6) is 0 Å². The zero-order valence-corrected chi connectivity index (χ0v) is 18.6. The first kappa shape index (κ1) is 29.7. The second kappa shape index (κ2) is 13.1. The molecule has 2 heterocycles. The maximum atomic E-state index is 11.1. The molecule has 0 unspecified atom stereocenters. The van der Waals surface area contributed by atoms with Crippen molar-refractivity contribution in [2.75, 3.05) is 19.8 Å². The molecule has 200 valence electrons. The van der Waals surface area contributed by atoms with Crippen molar-refractivity contribution in [3.05, 3.63) is 0 Å². The van der Waals surface area contributed by atoms with Crippen LogP contribution in [-0.4, -0.2) is 166 Å². The van der Waals surface area contributed by atoms with E-state index >= 15 is 0 Å². The van der Waals surface area contributed by atoms with Crippen molar-refractivity contribution in [3.8, 4) is 0 Å². The minimum atomic E-state index is -1.89. The first-order valence-electron chi connectivity index (χ1n) is 10.4. The van der Waals surface area contributed by atoms with Gasteiger partial charge in [0.15, 0.2) is 6.29 Å². The molecular weight excluding hydrogens is 488 g/mol. The van der Waals surface area contributed by atoms with E-state index in [-0.39, 0.29) is 6.29 Å². The zero-order chi connectivity index (χ0) is 25.7. The number of aliphatic hydroxyl groups excluding tert-OH is 11. The molecule has 0 radical (unpaired) electrons. The number of aliphatic hydroxyl groups is 11. The predicted octanol–water partition coefficient (Wildman–Crippen LogP) is -7.01. The summed E-state index contributed by atoms with van der Waals surface area (Å²) >= 11 is 0.442. The number of aldehydes is 1. The third-order valence-electron chi connectivity index (χ3n) is 5.65. The van der Waals surface area contributed by atoms with Crippen molar-refractivity contribution in [3.63, 3.8) is 0 Å². The van der Waals surface area contributed by atoms with Gasteiger partial charge >= 0.3 is 0 Å². The Labute approximate surface area is 197 Å². The summed E-state index contributed by atoms with van der Waals surface area (Å²) in [6.07, 6.45) is -20.6. The van der Waals surface area contributed by atoms with Gasteiger partial charge in [0, 0.05) is 0 Å². The van der Waals surface area contributed by atoms with Crippen molar-refractivity contribution < 1.29 is 75.2 Å². The Kier molecular flexibility index (Phi) is 11.5. The maximum absolute atomic E-state index is 11.1. The van der Waals surface area contributed by atoms with E-state index in [1.807, 2.05) is 0 Å². The van der Waals surface area contributed by atoms with Gasteiger partial charge in [-0.2, -0.15) is 0 Å². The summed E-state index contributed by atoms with van der Waals surface area (Å²) in [5, 5.41) is 108. The Morgan fingerprint density at radius 3 is 1.94 bits per heavy atom. The smallest absolute Gasteiger partial charge is 0.187 e. The monoisotopic (exact) mass is 520 g/mol. The normalized spacial score (nSPS) is 42.6. The standard InChI is InChI=1S/C18H32O15S/c19-1-5(23)9(25)16(6(24)2-20)34-18-14(30)15(11(27)8(4-22)32-18)33-17-13(29)12(28)10(26)7(3-21)31-17/h2,5-19,21-30H,1,3-4H2/t5-,6+,7-,8-,9-,10-,11-,12+,13-,14-,15+,16-,17+,18+/m1/s1. The second-order valence-electron chi connectivity index (χ2n) is 7.97. The molecule has 0 aliphatic carbocycles. The van der Waals surface area contributed by atoms with Crippen LogP contribution in [0, 0.1) is 0 Å². The molecule has 0 spiro atoms. The van der Waals surface area contributed by atoms with Gasteiger partial charge in [0.1, 0.15) is 72.8 Å². The number of ether oxygens (including phenoxy) is 3. The van der Waals surface area contributed by atoms with Crippen LogP contribution in [0.3, 0.4) is 0 Å². The Bertz CT molecular complexity index is 628. The lowest BCUT2D eigenvalue weighted by atomic mass is 9.97. The highest BCUT2D eigenvalue weighted by molar-refractivity contribution is 8.00. The topological polar surface area (TPSA) is 267 Å². The van der Waals surface area contributed by atoms with Crippen LogP contribution in [0.25, 0.3) is 0 Å². The second-order valence-corrected chi connectivity index (χ2v) is 9.25. The molecular formula is C18H32O15S. The third kappa shape index (κ3) is 6.41. The van der Waals surface area contributed by atoms with Crippen molar-refractivity contribution in [1.29, 1.82) is 0 Å². The van der Waals surface area contributed by atoms with Gasteiger partial charge in [-0.3, -0.25) is 0 Å². The molecule has 0 aromatic rings. The molecule has 11 N–H and O–H groups in total. The maximum Gasteiger partial charge on any atom is 0.187 e. The molecule has 2 fully saturated rings. The molecule has 16 heteroatoms. The lowest BCUT2D eigenvalue weighted by Gasteiger charge is -2.46. The van der Waals surface area contributed by atoms with Crippen LogP contribution in [0.4, 0.5) is 0 Å². The van der Waals surface area contributed by atoms with Gasteiger partial charge in [-0.05, 0) is 0 Å². The summed E-state index contributed by atoms with van der Waals surface area (Å²) in [6.45, 7) is -2.49. The van der Waals surface area contributed by atoms with Gasteiger partial charge in [0.2, 0.25) is 0 Å². The highest BCUT2D eigenvalue weighted by atomic mass is 32.2. The summed E-state index contributed by atoms with van der Waals surface area (Å²) in [5.41, 5.74) is -1.50. The molecule has 0 aromatic heterocycles. The number of hydrogen-bond donors (Lipinski definition) is 11. The molecule has 2 aliphatic rings. The average molecular weight is 521 g/mol. The Balaban J connectivity index is 2.25. The van der Waals surface area contributed by atoms with Gasteiger partial charge in [0.05, 0.1) is 31.2 Å². The van der Waals surface area contributed by atoms with E-state index in [0.29, 0.717) is 11.8 Å². The number of hydrogen-bond acceptors (Lipinski definition) is 16. The molecule has 0 saturated carbocycles. The lowest BCUT2D eigenvalue weighted by Crippen LogP contribution is -2.64. The van der Waals surface area contributed by atoms with E-state index in [0.717, 1.165) is 0 Å². The predicted molar refractivity (Wildman–Crippen MR) is 109 cm³/mol. The van der Waals surface area contributed by atoms with E-state index in [9.17, 15) is 55.9 Å². The average Bonchev–Trinajstić information content (AvgIpc) is 2.84. The van der Waals surface area contributed by atoms with Crippen LogP contribution in [0.2, 0.25) is 0 Å². The molecule has 2 aliphatic heterocycles. The van der Waals surface area contributed by atoms with Crippen LogP contribution >= 0.6 is 11.8 Å². The molecule has 2 rings (SSSR count). The molecule has 2 saturated heterocycles. The number of carbonyl (C=O) groups is 1. The van der Waals surface area contributed by atoms with Gasteiger partial charge in [-0.15, -0.1) is 11.8 Å². The summed E-state index contributed by atoms with van der Waals surface area (Å²) < 4.78 is 16.0. The van der Waals surface area contributed by atoms with E-state index in [2.05, 4.69) is 0 Å². The minimum absolute atomic E-state index is 0.0422. The molecule has 15 nitrogen and oxygen atoms in total. The zero-order valence-electron chi connectivity index (χ0n) is 17.7. The van der Waals surface area contributed by atoms with Gasteiger partial charge in [-0.1, -0.05) is 0 Å². The third-order valence-corrected chi connectivity index (χ3v) is 7.18. The highest BCUT2D eigenvalue weighted by Gasteiger charge is 2.51. The molecule has 14 atom stereocenters. The minimum Gasteiger partial charge on any atom is -0.394 e. The van der Waals surface area contributed by atoms with Crippen molar-refractivity contribution >= 4 is 18.0 Å². The fourth-order valence-electron chi connectivity index (χ4n) is 3.58. The van der Waals surface area contributed by atoms with E-state index in [1.54, 1.807) is 0 Å². The van der Waals surface area contributed by atoms with E-state index in [4.69, 9.17) is 19.3 Å². The van der Waals surface area contributed by atoms with Crippen LogP contribution in [0.1, 0.15) is 0 Å². The van der Waals surface area contributed by atoms with Crippen molar-refractivity contribution in [2.24, 2.45) is 0 Å². The summed E-state index contributed by atoms with van der Waals surface area (Å²) in [5.74, 6) is 0. The Hall–Kier alpha value is -0.540. The molecule has 34 heavy (non-hydrogen) atoms. The summed E-state index contributed by atoms with van der Waals surface area (Å²) in [6, 6.07) is 0. The van der Waals surface area contributed by atoms with Crippen LogP contribution in [0.15, 0.2) is 0 Å². The van der Waals surface area contributed by atoms with Gasteiger partial charge < -0.3 is 75.2 Å². The number of rotatable bonds is 11. The van der Waals surface area contributed by atoms with Crippen molar-refractivity contribution in [2.45, 2.75) is 84.1 Å². The van der Waals surface area contributed by atoms with Crippen molar-refractivity contribution in [1.82, 2.24) is 0 Å². The fraction of sp³-hybridized carbons (Fsp3) is 0.944. The highest BCUT2D eigenvalue weighted by Crippen LogP contribution is 2.36. The van der Waals surface area contributed by atoms with E-state index in [1.165, 1.54) is 0 Å². The fourth-order valence-corrected chi connectivity index (χ4v) is 4.98. The quantitative estimate of drug-likeness (QED) is 0.113. The van der Waals surface area contributed by atoms with Crippen LogP contribution < -0.4 is 0 Å². The summed E-state index contributed by atoms with van der Waals surface area (Å²) in [4.78, 5) is 11.1. The SMILES string of the molecule is O=C[C@H](O)[C@@H](S[C@@H]1O[C@H](CO)[C@@H](O)[C@H](O[C@@H]2O[C@H](CO)[C@@H](O)[C@H](O)[C@H]2O)[C@H]1O)[C@H](O)[C@H](O)CO. The number of thioether (sulfide) groups is 1. The molecule has 0 bridgehead atoms. The first-order chi connectivity index (χ1) is 16.0. The largest absolute Gasteiger partial charge is 0.394 e. The van der Waals surface area contributed by atoms with Gasteiger partial charge in [-0.25, -0.2) is 0 Å².